The van der Waals surface area contributed by atoms with E-state index in [1.807, 2.05) is 23.5 Å². The zero-order chi connectivity index (χ0) is 10.2. The van der Waals surface area contributed by atoms with E-state index < -0.39 is 0 Å². The van der Waals surface area contributed by atoms with Crippen molar-refractivity contribution in [3.8, 4) is 0 Å². The Morgan fingerprint density at radius 2 is 2.00 bits per heavy atom. The standard InChI is InChI=1S/C11H18OS2/c1-13-11(14-2)7-8-5-3-4-6-9(12)10(8)11/h8,10H,3-7H2,1-2H3/t8-,10+/m1/s1. The van der Waals surface area contributed by atoms with Crippen molar-refractivity contribution in [1.29, 1.82) is 0 Å². The van der Waals surface area contributed by atoms with Crippen LogP contribution in [0, 0.1) is 11.8 Å². The van der Waals surface area contributed by atoms with Gasteiger partial charge in [-0.25, -0.2) is 0 Å². The highest BCUT2D eigenvalue weighted by molar-refractivity contribution is 8.17. The summed E-state index contributed by atoms with van der Waals surface area (Å²) in [6, 6.07) is 0. The number of hydrogen-bond donors (Lipinski definition) is 0. The van der Waals surface area contributed by atoms with E-state index in [1.165, 1.54) is 19.3 Å². The van der Waals surface area contributed by atoms with Gasteiger partial charge in [0.05, 0.1) is 4.08 Å². The van der Waals surface area contributed by atoms with Crippen LogP contribution in [0.4, 0.5) is 0 Å². The number of Topliss-reactive ketones (excluding diaryl/α,β-unsaturated/α-hetero) is 1. The van der Waals surface area contributed by atoms with Crippen LogP contribution in [0.15, 0.2) is 0 Å². The zero-order valence-electron chi connectivity index (χ0n) is 8.91. The number of rotatable bonds is 2. The lowest BCUT2D eigenvalue weighted by Crippen LogP contribution is -2.52. The third-order valence-electron chi connectivity index (χ3n) is 3.78. The molecule has 2 atom stereocenters. The van der Waals surface area contributed by atoms with Gasteiger partial charge >= 0.3 is 0 Å². The highest BCUT2D eigenvalue weighted by Gasteiger charge is 2.56. The Morgan fingerprint density at radius 3 is 2.64 bits per heavy atom. The van der Waals surface area contributed by atoms with Crippen molar-refractivity contribution in [1.82, 2.24) is 0 Å². The predicted octanol–water partition coefficient (Wildman–Crippen LogP) is 3.19. The second-order valence-corrected chi connectivity index (χ2v) is 6.91. The summed E-state index contributed by atoms with van der Waals surface area (Å²) in [5, 5.41) is 0. The molecule has 1 nitrogen and oxygen atoms in total. The van der Waals surface area contributed by atoms with E-state index >= 15 is 0 Å². The first-order chi connectivity index (χ1) is 6.73. The third-order valence-corrected chi connectivity index (χ3v) is 7.00. The van der Waals surface area contributed by atoms with Gasteiger partial charge in [0.15, 0.2) is 0 Å². The number of carbonyl (C=O) groups excluding carboxylic acids is 1. The summed E-state index contributed by atoms with van der Waals surface area (Å²) >= 11 is 3.80. The molecule has 0 aliphatic heterocycles. The maximum absolute atomic E-state index is 12.0. The van der Waals surface area contributed by atoms with Gasteiger partial charge in [0.2, 0.25) is 0 Å². The van der Waals surface area contributed by atoms with E-state index in [0.29, 0.717) is 17.6 Å². The van der Waals surface area contributed by atoms with Crippen LogP contribution < -0.4 is 0 Å². The number of hydrogen-bond acceptors (Lipinski definition) is 3. The molecule has 2 rings (SSSR count). The number of carbonyl (C=O) groups is 1. The van der Waals surface area contributed by atoms with Gasteiger partial charge in [-0.3, -0.25) is 4.79 Å². The van der Waals surface area contributed by atoms with Gasteiger partial charge in [-0.15, -0.1) is 23.5 Å². The van der Waals surface area contributed by atoms with Gasteiger partial charge in [-0.1, -0.05) is 6.42 Å². The molecule has 0 spiro atoms. The molecule has 2 aliphatic carbocycles. The van der Waals surface area contributed by atoms with Gasteiger partial charge in [-0.2, -0.15) is 0 Å². The Hall–Kier alpha value is 0.370. The van der Waals surface area contributed by atoms with Crippen LogP contribution in [-0.4, -0.2) is 22.4 Å². The van der Waals surface area contributed by atoms with Gasteiger partial charge in [0, 0.05) is 12.3 Å². The predicted molar refractivity (Wildman–Crippen MR) is 64.8 cm³/mol. The second kappa shape index (κ2) is 4.09. The monoisotopic (exact) mass is 230 g/mol. The second-order valence-electron chi connectivity index (χ2n) is 4.37. The first-order valence-electron chi connectivity index (χ1n) is 5.36. The van der Waals surface area contributed by atoms with E-state index in [0.717, 1.165) is 12.8 Å². The minimum absolute atomic E-state index is 0.242. The topological polar surface area (TPSA) is 17.1 Å². The summed E-state index contributed by atoms with van der Waals surface area (Å²) in [4.78, 5) is 12.0. The normalized spacial score (nSPS) is 35.7. The molecule has 3 heteroatoms. The van der Waals surface area contributed by atoms with Crippen LogP contribution >= 0.6 is 23.5 Å². The minimum atomic E-state index is 0.242. The van der Waals surface area contributed by atoms with Crippen LogP contribution in [-0.2, 0) is 4.79 Å². The van der Waals surface area contributed by atoms with Crippen molar-refractivity contribution < 1.29 is 4.79 Å². The smallest absolute Gasteiger partial charge is 0.138 e. The van der Waals surface area contributed by atoms with Crippen molar-refractivity contribution in [2.24, 2.45) is 11.8 Å². The molecule has 0 aromatic heterocycles. The largest absolute Gasteiger partial charge is 0.299 e. The first-order valence-corrected chi connectivity index (χ1v) is 7.81. The molecule has 0 radical (unpaired) electrons. The Labute approximate surface area is 94.8 Å². The summed E-state index contributed by atoms with van der Waals surface area (Å²) in [5.74, 6) is 1.63. The summed E-state index contributed by atoms with van der Waals surface area (Å²) < 4.78 is 0.242. The van der Waals surface area contributed by atoms with Crippen LogP contribution in [0.2, 0.25) is 0 Å². The number of thioether (sulfide) groups is 2. The lowest BCUT2D eigenvalue weighted by Gasteiger charge is -2.52. The van der Waals surface area contributed by atoms with Crippen molar-refractivity contribution in [3.63, 3.8) is 0 Å². The molecular weight excluding hydrogens is 212 g/mol. The molecule has 0 aromatic rings. The van der Waals surface area contributed by atoms with Gasteiger partial charge < -0.3 is 0 Å². The van der Waals surface area contributed by atoms with Crippen LogP contribution in [0.5, 0.6) is 0 Å². The van der Waals surface area contributed by atoms with Gasteiger partial charge in [0.1, 0.15) is 5.78 Å². The van der Waals surface area contributed by atoms with Crippen molar-refractivity contribution in [2.45, 2.75) is 36.2 Å². The van der Waals surface area contributed by atoms with E-state index in [9.17, 15) is 4.79 Å². The lowest BCUT2D eigenvalue weighted by molar-refractivity contribution is -0.127. The Bertz CT molecular complexity index is 235. The fourth-order valence-electron chi connectivity index (χ4n) is 2.95. The molecule has 14 heavy (non-hydrogen) atoms. The molecular formula is C11H18OS2. The van der Waals surface area contributed by atoms with E-state index in [1.54, 1.807) is 0 Å². The van der Waals surface area contributed by atoms with E-state index in [-0.39, 0.29) is 4.08 Å². The molecule has 0 unspecified atom stereocenters. The van der Waals surface area contributed by atoms with E-state index in [4.69, 9.17) is 0 Å². The summed E-state index contributed by atoms with van der Waals surface area (Å²) in [7, 11) is 0. The van der Waals surface area contributed by atoms with Crippen molar-refractivity contribution >= 4 is 29.3 Å². The lowest BCUT2D eigenvalue weighted by atomic mass is 9.69. The van der Waals surface area contributed by atoms with Gasteiger partial charge in [-0.05, 0) is 37.7 Å². The molecule has 0 N–H and O–H groups in total. The SMILES string of the molecule is CSC1(SC)C[C@H]2CCCCC(=O)[C@H]21. The highest BCUT2D eigenvalue weighted by Crippen LogP contribution is 2.60. The average Bonchev–Trinajstić information content (AvgIpc) is 2.29. The number of ketones is 1. The molecule has 0 bridgehead atoms. The average molecular weight is 230 g/mol. The summed E-state index contributed by atoms with van der Waals surface area (Å²) in [6.07, 6.45) is 10.1. The maximum Gasteiger partial charge on any atom is 0.138 e. The fraction of sp³-hybridized carbons (Fsp3) is 0.909. The minimum Gasteiger partial charge on any atom is -0.299 e. The van der Waals surface area contributed by atoms with E-state index in [2.05, 4.69) is 12.5 Å². The number of fused-ring (bicyclic) bond motifs is 1. The van der Waals surface area contributed by atoms with Crippen LogP contribution in [0.3, 0.4) is 0 Å². The zero-order valence-corrected chi connectivity index (χ0v) is 10.5. The Balaban J connectivity index is 2.16. The molecule has 0 amide bonds. The summed E-state index contributed by atoms with van der Waals surface area (Å²) in [6.45, 7) is 0. The molecule has 0 saturated heterocycles. The van der Waals surface area contributed by atoms with Crippen LogP contribution in [0.1, 0.15) is 32.1 Å². The molecule has 2 saturated carbocycles. The third kappa shape index (κ3) is 1.53. The quantitative estimate of drug-likeness (QED) is 0.678. The molecule has 80 valence electrons. The molecule has 2 fully saturated rings. The molecule has 0 heterocycles. The fourth-order valence-corrected chi connectivity index (χ4v) is 5.53. The highest BCUT2D eigenvalue weighted by atomic mass is 32.2. The van der Waals surface area contributed by atoms with Crippen molar-refractivity contribution in [2.75, 3.05) is 12.5 Å². The Morgan fingerprint density at radius 1 is 1.29 bits per heavy atom. The molecule has 2 aliphatic rings. The maximum atomic E-state index is 12.0. The summed E-state index contributed by atoms with van der Waals surface area (Å²) in [5.41, 5.74) is 0. The Kier molecular flexibility index (Phi) is 3.18. The first kappa shape index (κ1) is 10.9. The van der Waals surface area contributed by atoms with Crippen LogP contribution in [0.25, 0.3) is 0 Å². The van der Waals surface area contributed by atoms with Crippen molar-refractivity contribution in [3.05, 3.63) is 0 Å². The van der Waals surface area contributed by atoms with Gasteiger partial charge in [0.25, 0.3) is 0 Å². The molecule has 0 aromatic carbocycles.